The van der Waals surface area contributed by atoms with Gasteiger partial charge in [-0.05, 0) is 30.3 Å². The van der Waals surface area contributed by atoms with Crippen LogP contribution in [0.1, 0.15) is 11.1 Å². The number of benzene rings is 2. The van der Waals surface area contributed by atoms with Gasteiger partial charge in [-0.3, -0.25) is 15.0 Å². The first-order valence-corrected chi connectivity index (χ1v) is 7.49. The highest BCUT2D eigenvalue weighted by Gasteiger charge is 2.12. The zero-order valence-corrected chi connectivity index (χ0v) is 13.8. The van der Waals surface area contributed by atoms with Crippen LogP contribution in [-0.4, -0.2) is 16.9 Å². The number of nitro benzene ring substituents is 1. The molecule has 0 amide bonds. The van der Waals surface area contributed by atoms with Crippen LogP contribution in [0.3, 0.4) is 0 Å². The zero-order chi connectivity index (χ0) is 15.4. The summed E-state index contributed by atoms with van der Waals surface area (Å²) in [6, 6.07) is 12.5. The van der Waals surface area contributed by atoms with Crippen LogP contribution < -0.4 is 0 Å². The van der Waals surface area contributed by atoms with E-state index in [4.69, 9.17) is 11.6 Å². The molecular formula is C15H14BrClN2O2. The lowest BCUT2D eigenvalue weighted by molar-refractivity contribution is -0.384. The van der Waals surface area contributed by atoms with E-state index in [1.807, 2.05) is 31.3 Å². The molecule has 0 atom stereocenters. The summed E-state index contributed by atoms with van der Waals surface area (Å²) in [5.41, 5.74) is 1.96. The summed E-state index contributed by atoms with van der Waals surface area (Å²) in [4.78, 5) is 12.5. The van der Waals surface area contributed by atoms with Crippen LogP contribution in [0.15, 0.2) is 46.9 Å². The maximum atomic E-state index is 10.8. The minimum atomic E-state index is -0.409. The van der Waals surface area contributed by atoms with Crippen LogP contribution in [0.25, 0.3) is 0 Å². The molecule has 0 saturated carbocycles. The summed E-state index contributed by atoms with van der Waals surface area (Å²) in [6.45, 7) is 1.27. The Hall–Kier alpha value is -1.43. The summed E-state index contributed by atoms with van der Waals surface area (Å²) in [5, 5.41) is 11.4. The second-order valence-corrected chi connectivity index (χ2v) is 6.06. The molecule has 0 aliphatic carbocycles. The topological polar surface area (TPSA) is 46.4 Å². The van der Waals surface area contributed by atoms with Crippen LogP contribution in [0.5, 0.6) is 0 Å². The van der Waals surface area contributed by atoms with E-state index in [1.165, 1.54) is 12.1 Å². The van der Waals surface area contributed by atoms with Crippen molar-refractivity contribution in [2.45, 2.75) is 13.1 Å². The molecule has 0 unspecified atom stereocenters. The molecule has 0 fully saturated rings. The number of non-ortho nitro benzene ring substituents is 1. The predicted molar refractivity (Wildman–Crippen MR) is 87.4 cm³/mol. The van der Waals surface area contributed by atoms with Gasteiger partial charge in [0.05, 0.1) is 4.92 Å². The minimum absolute atomic E-state index is 0.0590. The van der Waals surface area contributed by atoms with Gasteiger partial charge in [-0.25, -0.2) is 0 Å². The Kier molecular flexibility index (Phi) is 5.33. The van der Waals surface area contributed by atoms with Gasteiger partial charge in [-0.1, -0.05) is 45.7 Å². The quantitative estimate of drug-likeness (QED) is 0.569. The van der Waals surface area contributed by atoms with E-state index in [1.54, 1.807) is 6.07 Å². The lowest BCUT2D eigenvalue weighted by Crippen LogP contribution is -2.17. The first-order valence-electron chi connectivity index (χ1n) is 6.32. The van der Waals surface area contributed by atoms with Gasteiger partial charge >= 0.3 is 0 Å². The molecule has 21 heavy (non-hydrogen) atoms. The van der Waals surface area contributed by atoms with E-state index in [2.05, 4.69) is 20.8 Å². The molecule has 0 bridgehead atoms. The monoisotopic (exact) mass is 368 g/mol. The van der Waals surface area contributed by atoms with Crippen molar-refractivity contribution in [3.63, 3.8) is 0 Å². The second kappa shape index (κ2) is 7.02. The summed E-state index contributed by atoms with van der Waals surface area (Å²) < 4.78 is 1.04. The van der Waals surface area contributed by atoms with E-state index in [-0.39, 0.29) is 5.69 Å². The van der Waals surface area contributed by atoms with Crippen LogP contribution in [-0.2, 0) is 13.1 Å². The molecule has 2 rings (SSSR count). The molecule has 110 valence electrons. The van der Waals surface area contributed by atoms with E-state index < -0.39 is 4.92 Å². The second-order valence-electron chi connectivity index (χ2n) is 4.80. The third kappa shape index (κ3) is 4.27. The Morgan fingerprint density at radius 1 is 1.19 bits per heavy atom. The smallest absolute Gasteiger partial charge is 0.269 e. The maximum absolute atomic E-state index is 10.8. The maximum Gasteiger partial charge on any atom is 0.269 e. The standard InChI is InChI=1S/C15H14BrClN2O2/c1-18(9-11-4-2-3-5-14(11)16)10-12-8-13(19(20)21)6-7-15(12)17/h2-8H,9-10H2,1H3. The SMILES string of the molecule is CN(Cc1cc([N+](=O)[O-])ccc1Cl)Cc1ccccc1Br. The van der Waals surface area contributed by atoms with Crippen molar-refractivity contribution in [3.8, 4) is 0 Å². The Labute approximate surface area is 136 Å². The van der Waals surface area contributed by atoms with Gasteiger partial charge in [-0.2, -0.15) is 0 Å². The van der Waals surface area contributed by atoms with Crippen LogP contribution in [0.4, 0.5) is 5.69 Å². The molecule has 0 aromatic heterocycles. The van der Waals surface area contributed by atoms with Crippen molar-refractivity contribution in [3.05, 3.63) is 73.2 Å². The molecule has 6 heteroatoms. The molecular weight excluding hydrogens is 356 g/mol. The average Bonchev–Trinajstić information content (AvgIpc) is 2.43. The summed E-state index contributed by atoms with van der Waals surface area (Å²) in [5.74, 6) is 0. The molecule has 0 heterocycles. The van der Waals surface area contributed by atoms with E-state index in [9.17, 15) is 10.1 Å². The van der Waals surface area contributed by atoms with Crippen molar-refractivity contribution in [1.29, 1.82) is 0 Å². The van der Waals surface area contributed by atoms with Gasteiger partial charge < -0.3 is 0 Å². The van der Waals surface area contributed by atoms with Gasteiger partial charge in [0.2, 0.25) is 0 Å². The first-order chi connectivity index (χ1) is 9.97. The van der Waals surface area contributed by atoms with Gasteiger partial charge in [0.1, 0.15) is 0 Å². The molecule has 0 radical (unpaired) electrons. The number of hydrogen-bond acceptors (Lipinski definition) is 3. The van der Waals surface area contributed by atoms with Gasteiger partial charge in [0, 0.05) is 34.7 Å². The highest BCUT2D eigenvalue weighted by atomic mass is 79.9. The number of rotatable bonds is 5. The number of hydrogen-bond donors (Lipinski definition) is 0. The molecule has 0 saturated heterocycles. The average molecular weight is 370 g/mol. The highest BCUT2D eigenvalue weighted by Crippen LogP contribution is 2.24. The molecule has 0 aliphatic heterocycles. The fourth-order valence-corrected chi connectivity index (χ4v) is 2.65. The lowest BCUT2D eigenvalue weighted by atomic mass is 10.1. The lowest BCUT2D eigenvalue weighted by Gasteiger charge is -2.18. The Bertz CT molecular complexity index is 664. The molecule has 0 N–H and O–H groups in total. The fourth-order valence-electron chi connectivity index (χ4n) is 2.06. The van der Waals surface area contributed by atoms with Gasteiger partial charge in [0.15, 0.2) is 0 Å². The molecule has 0 spiro atoms. The van der Waals surface area contributed by atoms with E-state index in [0.29, 0.717) is 11.6 Å². The van der Waals surface area contributed by atoms with Gasteiger partial charge in [-0.15, -0.1) is 0 Å². The Balaban J connectivity index is 2.12. The molecule has 0 aliphatic rings. The van der Waals surface area contributed by atoms with Crippen molar-refractivity contribution in [1.82, 2.24) is 4.90 Å². The van der Waals surface area contributed by atoms with E-state index in [0.717, 1.165) is 22.1 Å². The Morgan fingerprint density at radius 2 is 1.86 bits per heavy atom. The zero-order valence-electron chi connectivity index (χ0n) is 11.4. The van der Waals surface area contributed by atoms with Crippen LogP contribution >= 0.6 is 27.5 Å². The minimum Gasteiger partial charge on any atom is -0.298 e. The highest BCUT2D eigenvalue weighted by molar-refractivity contribution is 9.10. The molecule has 2 aromatic carbocycles. The predicted octanol–water partition coefficient (Wildman–Crippen LogP) is 4.64. The van der Waals surface area contributed by atoms with Gasteiger partial charge in [0.25, 0.3) is 5.69 Å². The Morgan fingerprint density at radius 3 is 2.52 bits per heavy atom. The first kappa shape index (κ1) is 15.9. The molecule has 4 nitrogen and oxygen atoms in total. The summed E-state index contributed by atoms with van der Waals surface area (Å²) >= 11 is 9.63. The summed E-state index contributed by atoms with van der Waals surface area (Å²) in [7, 11) is 1.95. The number of nitrogens with zero attached hydrogens (tertiary/aromatic N) is 2. The summed E-state index contributed by atoms with van der Waals surface area (Å²) in [6.07, 6.45) is 0. The van der Waals surface area contributed by atoms with Crippen molar-refractivity contribution >= 4 is 33.2 Å². The van der Waals surface area contributed by atoms with Crippen molar-refractivity contribution < 1.29 is 4.92 Å². The normalized spacial score (nSPS) is 10.9. The number of halogens is 2. The third-order valence-corrected chi connectivity index (χ3v) is 4.22. The fraction of sp³-hybridized carbons (Fsp3) is 0.200. The number of nitro groups is 1. The van der Waals surface area contributed by atoms with E-state index >= 15 is 0 Å². The van der Waals surface area contributed by atoms with Crippen LogP contribution in [0, 0.1) is 10.1 Å². The largest absolute Gasteiger partial charge is 0.298 e. The molecule has 2 aromatic rings. The van der Waals surface area contributed by atoms with Crippen LogP contribution in [0.2, 0.25) is 5.02 Å². The third-order valence-electron chi connectivity index (χ3n) is 3.08. The van der Waals surface area contributed by atoms with Crippen molar-refractivity contribution in [2.24, 2.45) is 0 Å². The van der Waals surface area contributed by atoms with Crippen molar-refractivity contribution in [2.75, 3.05) is 7.05 Å².